The molecule has 3 rings (SSSR count). The van der Waals surface area contributed by atoms with Gasteiger partial charge in [-0.15, -0.1) is 0 Å². The number of nitrogens with one attached hydrogen (secondary N) is 1. The summed E-state index contributed by atoms with van der Waals surface area (Å²) in [5, 5.41) is 3.15. The minimum atomic E-state index is -0.106. The maximum atomic E-state index is 12.8. The molecule has 5 nitrogen and oxygen atoms in total. The number of rotatable bonds is 7. The summed E-state index contributed by atoms with van der Waals surface area (Å²) < 4.78 is 16.9. The van der Waals surface area contributed by atoms with Crippen molar-refractivity contribution in [2.24, 2.45) is 5.92 Å². The van der Waals surface area contributed by atoms with Crippen LogP contribution < -0.4 is 19.5 Å². The van der Waals surface area contributed by atoms with Crippen LogP contribution >= 0.6 is 0 Å². The minimum Gasteiger partial charge on any atom is -0.493 e. The molecular formula is C23H29NO4. The fourth-order valence-electron chi connectivity index (χ4n) is 3.72. The maximum absolute atomic E-state index is 12.8. The summed E-state index contributed by atoms with van der Waals surface area (Å²) in [4.78, 5) is 12.8. The van der Waals surface area contributed by atoms with Gasteiger partial charge in [0.25, 0.3) is 5.91 Å². The summed E-state index contributed by atoms with van der Waals surface area (Å²) in [6.45, 7) is 2.63. The number of benzene rings is 2. The summed E-state index contributed by atoms with van der Waals surface area (Å²) in [6.07, 6.45) is 4.45. The van der Waals surface area contributed by atoms with Crippen molar-refractivity contribution in [3.63, 3.8) is 0 Å². The lowest BCUT2D eigenvalue weighted by molar-refractivity contribution is 0.0920. The quantitative estimate of drug-likeness (QED) is 0.760. The van der Waals surface area contributed by atoms with Gasteiger partial charge in [0.1, 0.15) is 6.61 Å². The van der Waals surface area contributed by atoms with Gasteiger partial charge in [-0.2, -0.15) is 0 Å². The molecule has 1 aliphatic rings. The van der Waals surface area contributed by atoms with Crippen LogP contribution in [0.5, 0.6) is 17.2 Å². The van der Waals surface area contributed by atoms with Crippen LogP contribution in [0.4, 0.5) is 0 Å². The monoisotopic (exact) mass is 383 g/mol. The largest absolute Gasteiger partial charge is 0.493 e. The molecule has 2 aromatic carbocycles. The van der Waals surface area contributed by atoms with Crippen molar-refractivity contribution in [3.8, 4) is 17.2 Å². The van der Waals surface area contributed by atoms with E-state index in [1.54, 1.807) is 26.4 Å². The number of carbonyl (C=O) groups excluding carboxylic acids is 1. The number of amides is 1. The fourth-order valence-corrected chi connectivity index (χ4v) is 3.72. The molecular weight excluding hydrogens is 354 g/mol. The Bertz CT molecular complexity index is 765. The maximum Gasteiger partial charge on any atom is 0.251 e. The van der Waals surface area contributed by atoms with E-state index in [0.29, 0.717) is 35.3 Å². The molecule has 0 aliphatic heterocycles. The van der Waals surface area contributed by atoms with E-state index < -0.39 is 0 Å². The van der Waals surface area contributed by atoms with Crippen molar-refractivity contribution in [1.82, 2.24) is 5.32 Å². The van der Waals surface area contributed by atoms with E-state index in [9.17, 15) is 4.79 Å². The molecule has 0 aromatic heterocycles. The summed E-state index contributed by atoms with van der Waals surface area (Å²) >= 11 is 0. The first-order valence-electron chi connectivity index (χ1n) is 9.84. The molecule has 1 N–H and O–H groups in total. The van der Waals surface area contributed by atoms with Crippen LogP contribution in [0.2, 0.25) is 0 Å². The van der Waals surface area contributed by atoms with Crippen LogP contribution in [0.25, 0.3) is 0 Å². The highest BCUT2D eigenvalue weighted by Crippen LogP contribution is 2.39. The Morgan fingerprint density at radius 3 is 2.36 bits per heavy atom. The van der Waals surface area contributed by atoms with E-state index in [2.05, 4.69) is 12.2 Å². The predicted molar refractivity (Wildman–Crippen MR) is 109 cm³/mol. The first-order valence-corrected chi connectivity index (χ1v) is 9.84. The van der Waals surface area contributed by atoms with E-state index >= 15 is 0 Å². The van der Waals surface area contributed by atoms with Crippen LogP contribution in [0.1, 0.15) is 48.5 Å². The van der Waals surface area contributed by atoms with Crippen LogP contribution in [-0.4, -0.2) is 26.2 Å². The molecule has 1 fully saturated rings. The van der Waals surface area contributed by atoms with Crippen molar-refractivity contribution >= 4 is 5.91 Å². The van der Waals surface area contributed by atoms with Gasteiger partial charge in [0, 0.05) is 11.6 Å². The second kappa shape index (κ2) is 9.49. The standard InChI is InChI=1S/C23H29NO4/c1-16-8-7-11-19(12-16)24-23(25)18-13-20(26-2)22(21(14-18)27-3)28-15-17-9-5-4-6-10-17/h4-6,9-10,13-14,16,19H,7-8,11-12,15H2,1-3H3,(H,24,25). The Morgan fingerprint density at radius 2 is 1.75 bits per heavy atom. The number of hydrogen-bond acceptors (Lipinski definition) is 4. The molecule has 1 aliphatic carbocycles. The SMILES string of the molecule is COc1cc(C(=O)NC2CCCC(C)C2)cc(OC)c1OCc1ccccc1. The lowest BCUT2D eigenvalue weighted by Gasteiger charge is -2.27. The Morgan fingerprint density at radius 1 is 1.07 bits per heavy atom. The van der Waals surface area contributed by atoms with Gasteiger partial charge in [-0.3, -0.25) is 4.79 Å². The van der Waals surface area contributed by atoms with Crippen molar-refractivity contribution in [1.29, 1.82) is 0 Å². The zero-order chi connectivity index (χ0) is 19.9. The molecule has 2 unspecified atom stereocenters. The molecule has 28 heavy (non-hydrogen) atoms. The highest BCUT2D eigenvalue weighted by molar-refractivity contribution is 5.95. The summed E-state index contributed by atoms with van der Waals surface area (Å²) in [6, 6.07) is 13.5. The highest BCUT2D eigenvalue weighted by Gasteiger charge is 2.23. The molecule has 150 valence electrons. The predicted octanol–water partition coefficient (Wildman–Crippen LogP) is 4.59. The topological polar surface area (TPSA) is 56.8 Å². The Kier molecular flexibility index (Phi) is 6.80. The Hall–Kier alpha value is -2.69. The summed E-state index contributed by atoms with van der Waals surface area (Å²) in [5.41, 5.74) is 1.55. The van der Waals surface area contributed by atoms with Gasteiger partial charge >= 0.3 is 0 Å². The third-order valence-electron chi connectivity index (χ3n) is 5.22. The molecule has 1 amide bonds. The van der Waals surface area contributed by atoms with E-state index in [0.717, 1.165) is 24.8 Å². The lowest BCUT2D eigenvalue weighted by Crippen LogP contribution is -2.38. The normalized spacial score (nSPS) is 19.0. The van der Waals surface area contributed by atoms with Crippen LogP contribution in [0.15, 0.2) is 42.5 Å². The smallest absolute Gasteiger partial charge is 0.251 e. The first kappa shape index (κ1) is 20.1. The Labute approximate surface area is 167 Å². The van der Waals surface area contributed by atoms with Gasteiger partial charge in [-0.05, 0) is 36.5 Å². The molecule has 0 radical (unpaired) electrons. The summed E-state index contributed by atoms with van der Waals surface area (Å²) in [5.74, 6) is 2.01. The third-order valence-corrected chi connectivity index (χ3v) is 5.22. The zero-order valence-electron chi connectivity index (χ0n) is 16.9. The number of methoxy groups -OCH3 is 2. The highest BCUT2D eigenvalue weighted by atomic mass is 16.5. The van der Waals surface area contributed by atoms with Gasteiger partial charge in [0.05, 0.1) is 14.2 Å². The van der Waals surface area contributed by atoms with Gasteiger partial charge in [-0.1, -0.05) is 50.1 Å². The van der Waals surface area contributed by atoms with Gasteiger partial charge < -0.3 is 19.5 Å². The second-order valence-corrected chi connectivity index (χ2v) is 7.43. The average Bonchev–Trinajstić information content (AvgIpc) is 2.72. The van der Waals surface area contributed by atoms with E-state index in [1.807, 2.05) is 30.3 Å². The fraction of sp³-hybridized carbons (Fsp3) is 0.435. The van der Waals surface area contributed by atoms with Gasteiger partial charge in [0.15, 0.2) is 11.5 Å². The molecule has 1 saturated carbocycles. The van der Waals surface area contributed by atoms with Crippen molar-refractivity contribution in [3.05, 3.63) is 53.6 Å². The van der Waals surface area contributed by atoms with E-state index in [1.165, 1.54) is 6.42 Å². The second-order valence-electron chi connectivity index (χ2n) is 7.43. The van der Waals surface area contributed by atoms with Crippen LogP contribution in [-0.2, 0) is 6.61 Å². The minimum absolute atomic E-state index is 0.106. The number of carbonyl (C=O) groups is 1. The molecule has 0 heterocycles. The van der Waals surface area contributed by atoms with Crippen LogP contribution in [0.3, 0.4) is 0 Å². The number of hydrogen-bond donors (Lipinski definition) is 1. The van der Waals surface area contributed by atoms with Crippen molar-refractivity contribution < 1.29 is 19.0 Å². The molecule has 5 heteroatoms. The first-order chi connectivity index (χ1) is 13.6. The van der Waals surface area contributed by atoms with Gasteiger partial charge in [-0.25, -0.2) is 0 Å². The lowest BCUT2D eigenvalue weighted by atomic mass is 9.87. The summed E-state index contributed by atoms with van der Waals surface area (Å²) in [7, 11) is 3.13. The molecule has 0 saturated heterocycles. The van der Waals surface area contributed by atoms with Crippen molar-refractivity contribution in [2.75, 3.05) is 14.2 Å². The molecule has 0 bridgehead atoms. The van der Waals surface area contributed by atoms with E-state index in [-0.39, 0.29) is 11.9 Å². The number of ether oxygens (including phenoxy) is 3. The van der Waals surface area contributed by atoms with Gasteiger partial charge in [0.2, 0.25) is 5.75 Å². The third kappa shape index (κ3) is 4.97. The molecule has 2 aromatic rings. The molecule has 2 atom stereocenters. The van der Waals surface area contributed by atoms with Crippen LogP contribution in [0, 0.1) is 5.92 Å². The Balaban J connectivity index is 1.76. The average molecular weight is 383 g/mol. The zero-order valence-corrected chi connectivity index (χ0v) is 16.9. The molecule has 0 spiro atoms. The van der Waals surface area contributed by atoms with Crippen molar-refractivity contribution in [2.45, 2.75) is 45.3 Å². The van der Waals surface area contributed by atoms with E-state index in [4.69, 9.17) is 14.2 Å².